The molecule has 0 aliphatic rings. The molecule has 13 heavy (non-hydrogen) atoms. The Bertz CT molecular complexity index is 520. The normalized spacial score (nSPS) is 10.6. The Morgan fingerprint density at radius 3 is 2.92 bits per heavy atom. The summed E-state index contributed by atoms with van der Waals surface area (Å²) in [5.74, 6) is 0. The molecule has 0 saturated heterocycles. The van der Waals surface area contributed by atoms with Crippen molar-refractivity contribution in [3.8, 4) is 0 Å². The Morgan fingerprint density at radius 1 is 1.38 bits per heavy atom. The zero-order valence-electron chi connectivity index (χ0n) is 6.47. The van der Waals surface area contributed by atoms with Crippen molar-refractivity contribution in [1.29, 1.82) is 0 Å². The van der Waals surface area contributed by atoms with Gasteiger partial charge in [0.2, 0.25) is 0 Å². The molecule has 2 rings (SSSR count). The lowest BCUT2D eigenvalue weighted by Crippen LogP contribution is -2.04. The fourth-order valence-corrected chi connectivity index (χ4v) is 2.01. The van der Waals surface area contributed by atoms with E-state index < -0.39 is 0 Å². The van der Waals surface area contributed by atoms with Gasteiger partial charge >= 0.3 is 0 Å². The lowest BCUT2D eigenvalue weighted by molar-refractivity contribution is 1.27. The minimum Gasteiger partial charge on any atom is -0.329 e. The smallest absolute Gasteiger partial charge is 0.255 e. The van der Waals surface area contributed by atoms with E-state index in [9.17, 15) is 4.79 Å². The number of fused-ring (bicyclic) bond motifs is 1. The van der Waals surface area contributed by atoms with Gasteiger partial charge in [0.05, 0.1) is 0 Å². The molecule has 0 amide bonds. The first-order valence-corrected chi connectivity index (χ1v) is 5.52. The van der Waals surface area contributed by atoms with E-state index in [0.29, 0.717) is 0 Å². The second kappa shape index (κ2) is 3.42. The van der Waals surface area contributed by atoms with Crippen LogP contribution >= 0.6 is 38.5 Å². The largest absolute Gasteiger partial charge is 0.329 e. The molecule has 1 heterocycles. The van der Waals surface area contributed by atoms with Gasteiger partial charge in [0.15, 0.2) is 0 Å². The predicted octanol–water partition coefficient (Wildman–Crippen LogP) is 2.90. The molecular weight excluding hydrogens is 345 g/mol. The zero-order chi connectivity index (χ0) is 9.42. The Labute approximate surface area is 96.6 Å². The first-order valence-electron chi connectivity index (χ1n) is 3.65. The highest BCUT2D eigenvalue weighted by Crippen LogP contribution is 2.23. The van der Waals surface area contributed by atoms with Crippen LogP contribution in [0.1, 0.15) is 0 Å². The highest BCUT2D eigenvalue weighted by atomic mass is 127. The lowest BCUT2D eigenvalue weighted by atomic mass is 10.2. The van der Waals surface area contributed by atoms with E-state index in [4.69, 9.17) is 0 Å². The predicted molar refractivity (Wildman–Crippen MR) is 65.0 cm³/mol. The van der Waals surface area contributed by atoms with Crippen molar-refractivity contribution in [3.05, 3.63) is 42.8 Å². The van der Waals surface area contributed by atoms with Gasteiger partial charge in [-0.15, -0.1) is 0 Å². The average Bonchev–Trinajstić information content (AvgIpc) is 2.09. The topological polar surface area (TPSA) is 32.9 Å². The van der Waals surface area contributed by atoms with Gasteiger partial charge in [0.1, 0.15) is 0 Å². The van der Waals surface area contributed by atoms with Crippen molar-refractivity contribution in [2.45, 2.75) is 0 Å². The standard InChI is InChI=1S/C9H5BrINO/c10-7-3-5-1-2-12-9(13)6(5)4-8(7)11/h1-4H,(H,12,13). The number of pyridine rings is 1. The molecule has 1 N–H and O–H groups in total. The quantitative estimate of drug-likeness (QED) is 0.729. The molecule has 0 fully saturated rings. The highest BCUT2D eigenvalue weighted by Gasteiger charge is 2.01. The van der Waals surface area contributed by atoms with Gasteiger partial charge in [-0.1, -0.05) is 0 Å². The summed E-state index contributed by atoms with van der Waals surface area (Å²) in [6.45, 7) is 0. The molecule has 2 nitrogen and oxygen atoms in total. The molecule has 66 valence electrons. The van der Waals surface area contributed by atoms with Gasteiger partial charge in [0.25, 0.3) is 5.56 Å². The van der Waals surface area contributed by atoms with Crippen molar-refractivity contribution in [1.82, 2.24) is 4.98 Å². The Kier molecular flexibility index (Phi) is 2.42. The molecule has 1 aromatic carbocycles. The fourth-order valence-electron chi connectivity index (χ4n) is 1.18. The van der Waals surface area contributed by atoms with E-state index in [-0.39, 0.29) is 5.56 Å². The van der Waals surface area contributed by atoms with Crippen LogP contribution < -0.4 is 5.56 Å². The molecule has 0 aliphatic carbocycles. The lowest BCUT2D eigenvalue weighted by Gasteiger charge is -1.99. The number of aromatic nitrogens is 1. The molecular formula is C9H5BrINO. The number of H-pyrrole nitrogens is 1. The van der Waals surface area contributed by atoms with Crippen LogP contribution in [0.5, 0.6) is 0 Å². The van der Waals surface area contributed by atoms with Gasteiger partial charge in [-0.3, -0.25) is 4.79 Å². The molecule has 0 saturated carbocycles. The number of nitrogens with one attached hydrogen (secondary N) is 1. The van der Waals surface area contributed by atoms with E-state index in [0.717, 1.165) is 18.8 Å². The number of benzene rings is 1. The van der Waals surface area contributed by atoms with Crippen molar-refractivity contribution >= 4 is 49.3 Å². The maximum absolute atomic E-state index is 11.4. The van der Waals surface area contributed by atoms with Crippen molar-refractivity contribution in [2.75, 3.05) is 0 Å². The molecule has 4 heteroatoms. The van der Waals surface area contributed by atoms with Gasteiger partial charge in [0, 0.05) is 19.6 Å². The minimum atomic E-state index is -0.0390. The summed E-state index contributed by atoms with van der Waals surface area (Å²) in [6.07, 6.45) is 1.66. The van der Waals surface area contributed by atoms with Crippen LogP contribution in [0.25, 0.3) is 10.8 Å². The summed E-state index contributed by atoms with van der Waals surface area (Å²) in [4.78, 5) is 14.0. The SMILES string of the molecule is O=c1[nH]ccc2cc(Br)c(I)cc12. The number of aromatic amines is 1. The van der Waals surface area contributed by atoms with Gasteiger partial charge in [-0.05, 0) is 62.1 Å². The maximum Gasteiger partial charge on any atom is 0.255 e. The zero-order valence-corrected chi connectivity index (χ0v) is 10.2. The Hall–Kier alpha value is -0.360. The van der Waals surface area contributed by atoms with Crippen LogP contribution in [0.3, 0.4) is 0 Å². The summed E-state index contributed by atoms with van der Waals surface area (Å²) in [5.41, 5.74) is -0.0390. The van der Waals surface area contributed by atoms with Crippen LogP contribution in [0, 0.1) is 3.57 Å². The van der Waals surface area contributed by atoms with E-state index in [1.807, 2.05) is 18.2 Å². The molecule has 0 bridgehead atoms. The Balaban J connectivity index is 2.97. The summed E-state index contributed by atoms with van der Waals surface area (Å²) in [7, 11) is 0. The molecule has 0 unspecified atom stereocenters. The molecule has 1 aromatic heterocycles. The maximum atomic E-state index is 11.4. The molecule has 0 radical (unpaired) electrons. The first kappa shape index (κ1) is 9.21. The van der Waals surface area contributed by atoms with Crippen molar-refractivity contribution in [3.63, 3.8) is 0 Å². The summed E-state index contributed by atoms with van der Waals surface area (Å²) in [5, 5.41) is 1.69. The monoisotopic (exact) mass is 349 g/mol. The second-order valence-electron chi connectivity index (χ2n) is 2.66. The number of hydrogen-bond donors (Lipinski definition) is 1. The Morgan fingerprint density at radius 2 is 2.15 bits per heavy atom. The van der Waals surface area contributed by atoms with E-state index in [1.54, 1.807) is 6.20 Å². The van der Waals surface area contributed by atoms with Gasteiger partial charge < -0.3 is 4.98 Å². The highest BCUT2D eigenvalue weighted by molar-refractivity contribution is 14.1. The third-order valence-corrected chi connectivity index (χ3v) is 4.10. The third-order valence-electron chi connectivity index (χ3n) is 1.81. The van der Waals surface area contributed by atoms with E-state index in [1.165, 1.54) is 0 Å². The van der Waals surface area contributed by atoms with Gasteiger partial charge in [-0.2, -0.15) is 0 Å². The summed E-state index contributed by atoms with van der Waals surface area (Å²) >= 11 is 5.61. The van der Waals surface area contributed by atoms with Crippen LogP contribution in [0.4, 0.5) is 0 Å². The van der Waals surface area contributed by atoms with Crippen LogP contribution in [-0.4, -0.2) is 4.98 Å². The van der Waals surface area contributed by atoms with Crippen molar-refractivity contribution in [2.24, 2.45) is 0 Å². The average molecular weight is 350 g/mol. The molecule has 0 atom stereocenters. The molecule has 2 aromatic rings. The van der Waals surface area contributed by atoms with Crippen LogP contribution in [-0.2, 0) is 0 Å². The number of hydrogen-bond acceptors (Lipinski definition) is 1. The number of rotatable bonds is 0. The van der Waals surface area contributed by atoms with Gasteiger partial charge in [-0.25, -0.2) is 0 Å². The second-order valence-corrected chi connectivity index (χ2v) is 4.68. The van der Waals surface area contributed by atoms with Crippen molar-refractivity contribution < 1.29 is 0 Å². The van der Waals surface area contributed by atoms with E-state index >= 15 is 0 Å². The number of halogens is 2. The summed E-state index contributed by atoms with van der Waals surface area (Å²) < 4.78 is 2.06. The molecule has 0 spiro atoms. The third kappa shape index (κ3) is 1.65. The minimum absolute atomic E-state index is 0.0390. The fraction of sp³-hybridized carbons (Fsp3) is 0. The first-order chi connectivity index (χ1) is 6.18. The van der Waals surface area contributed by atoms with Crippen LogP contribution in [0.15, 0.2) is 33.7 Å². The summed E-state index contributed by atoms with van der Waals surface area (Å²) in [6, 6.07) is 5.71. The van der Waals surface area contributed by atoms with Crippen LogP contribution in [0.2, 0.25) is 0 Å². The van der Waals surface area contributed by atoms with E-state index in [2.05, 4.69) is 43.5 Å². The molecule has 0 aliphatic heterocycles.